The number of aryl methyl sites for hydroxylation is 2. The molecule has 0 spiro atoms. The van der Waals surface area contributed by atoms with Gasteiger partial charge < -0.3 is 15.0 Å². The number of alkyl carbamates (subject to hydrolysis) is 1. The third-order valence-corrected chi connectivity index (χ3v) is 4.86. The summed E-state index contributed by atoms with van der Waals surface area (Å²) in [6.07, 6.45) is 4.34. The fourth-order valence-corrected chi connectivity index (χ4v) is 3.52. The van der Waals surface area contributed by atoms with Crippen LogP contribution < -0.4 is 5.32 Å². The van der Waals surface area contributed by atoms with Crippen molar-refractivity contribution < 1.29 is 9.53 Å². The van der Waals surface area contributed by atoms with E-state index in [0.717, 1.165) is 24.0 Å². The largest absolute Gasteiger partial charge is 0.445 e. The summed E-state index contributed by atoms with van der Waals surface area (Å²) >= 11 is 0. The van der Waals surface area contributed by atoms with E-state index in [9.17, 15) is 4.79 Å². The number of aromatic nitrogens is 1. The highest BCUT2D eigenvalue weighted by atomic mass is 16.5. The fraction of sp³-hybridized carbons (Fsp3) is 0.261. The molecule has 0 fully saturated rings. The van der Waals surface area contributed by atoms with Crippen molar-refractivity contribution in [2.45, 2.75) is 32.3 Å². The second-order valence-electron chi connectivity index (χ2n) is 6.77. The minimum atomic E-state index is -0.455. The predicted molar refractivity (Wildman–Crippen MR) is 106 cm³/mol. The number of carbonyl (C=O) groups is 1. The van der Waals surface area contributed by atoms with Crippen molar-refractivity contribution >= 4 is 17.0 Å². The van der Waals surface area contributed by atoms with Crippen LogP contribution in [0.1, 0.15) is 35.2 Å². The van der Waals surface area contributed by atoms with Crippen molar-refractivity contribution in [1.29, 1.82) is 0 Å². The highest BCUT2D eigenvalue weighted by Gasteiger charge is 2.15. The lowest BCUT2D eigenvalue weighted by Crippen LogP contribution is -2.24. The molecule has 2 aromatic carbocycles. The molecule has 1 amide bonds. The summed E-state index contributed by atoms with van der Waals surface area (Å²) in [5.41, 5.74) is 5.94. The van der Waals surface area contributed by atoms with E-state index in [2.05, 4.69) is 34.3 Å². The molecule has 0 atom stereocenters. The van der Waals surface area contributed by atoms with Crippen molar-refractivity contribution in [3.8, 4) is 11.8 Å². The van der Waals surface area contributed by atoms with Gasteiger partial charge in [0.15, 0.2) is 0 Å². The molecule has 4 rings (SSSR count). The smallest absolute Gasteiger partial charge is 0.408 e. The van der Waals surface area contributed by atoms with Crippen LogP contribution in [-0.2, 0) is 24.2 Å². The molecule has 1 aliphatic carbocycles. The SMILES string of the molecule is O=C(NCC#Cc1ccc2[nH]c3c(c2c1)CCCC3)OCc1ccccc1. The van der Waals surface area contributed by atoms with Gasteiger partial charge in [0, 0.05) is 22.2 Å². The molecule has 0 saturated heterocycles. The minimum absolute atomic E-state index is 0.259. The Kier molecular flexibility index (Phi) is 5.11. The molecule has 0 unspecified atom stereocenters. The van der Waals surface area contributed by atoms with E-state index in [-0.39, 0.29) is 13.2 Å². The summed E-state index contributed by atoms with van der Waals surface area (Å²) in [6.45, 7) is 0.520. The second-order valence-corrected chi connectivity index (χ2v) is 6.77. The van der Waals surface area contributed by atoms with E-state index in [4.69, 9.17) is 4.74 Å². The van der Waals surface area contributed by atoms with Crippen LogP contribution in [0.25, 0.3) is 10.9 Å². The number of amides is 1. The van der Waals surface area contributed by atoms with E-state index in [1.807, 2.05) is 36.4 Å². The lowest BCUT2D eigenvalue weighted by molar-refractivity contribution is 0.141. The molecule has 0 saturated carbocycles. The first-order valence-electron chi connectivity index (χ1n) is 9.36. The summed E-state index contributed by atoms with van der Waals surface area (Å²) < 4.78 is 5.17. The van der Waals surface area contributed by atoms with Gasteiger partial charge in [-0.25, -0.2) is 4.79 Å². The van der Waals surface area contributed by atoms with Gasteiger partial charge in [0.1, 0.15) is 6.61 Å². The number of H-pyrrole nitrogens is 1. The van der Waals surface area contributed by atoms with E-state index in [0.29, 0.717) is 0 Å². The number of aromatic amines is 1. The Morgan fingerprint density at radius 1 is 1.11 bits per heavy atom. The first-order valence-corrected chi connectivity index (χ1v) is 9.36. The summed E-state index contributed by atoms with van der Waals surface area (Å²) in [5.74, 6) is 6.12. The lowest BCUT2D eigenvalue weighted by Gasteiger charge is -2.10. The van der Waals surface area contributed by atoms with E-state index >= 15 is 0 Å². The number of fused-ring (bicyclic) bond motifs is 3. The summed E-state index contributed by atoms with van der Waals surface area (Å²) in [4.78, 5) is 15.3. The van der Waals surface area contributed by atoms with Gasteiger partial charge in [0.2, 0.25) is 0 Å². The van der Waals surface area contributed by atoms with Gasteiger partial charge in [-0.1, -0.05) is 42.2 Å². The highest BCUT2D eigenvalue weighted by molar-refractivity contribution is 5.86. The Morgan fingerprint density at radius 2 is 1.96 bits per heavy atom. The van der Waals surface area contributed by atoms with Crippen molar-refractivity contribution in [3.05, 3.63) is 70.9 Å². The van der Waals surface area contributed by atoms with E-state index < -0.39 is 6.09 Å². The molecular formula is C23H22N2O2. The average molecular weight is 358 g/mol. The predicted octanol–water partition coefficient (Wildman–Crippen LogP) is 4.32. The van der Waals surface area contributed by atoms with Crippen LogP contribution in [0.5, 0.6) is 0 Å². The van der Waals surface area contributed by atoms with Gasteiger partial charge in [-0.05, 0) is 55.0 Å². The van der Waals surface area contributed by atoms with Crippen LogP contribution in [0.3, 0.4) is 0 Å². The number of benzene rings is 2. The highest BCUT2D eigenvalue weighted by Crippen LogP contribution is 2.29. The van der Waals surface area contributed by atoms with Crippen LogP contribution in [0.4, 0.5) is 4.79 Å². The van der Waals surface area contributed by atoms with Crippen LogP contribution in [0.2, 0.25) is 0 Å². The topological polar surface area (TPSA) is 54.1 Å². The zero-order valence-corrected chi connectivity index (χ0v) is 15.2. The first kappa shape index (κ1) is 17.2. The molecule has 4 nitrogen and oxygen atoms in total. The average Bonchev–Trinajstić information content (AvgIpc) is 3.08. The van der Waals surface area contributed by atoms with Crippen molar-refractivity contribution in [2.75, 3.05) is 6.54 Å². The molecule has 0 bridgehead atoms. The van der Waals surface area contributed by atoms with Crippen molar-refractivity contribution in [1.82, 2.24) is 10.3 Å². The fourth-order valence-electron chi connectivity index (χ4n) is 3.52. The van der Waals surface area contributed by atoms with Gasteiger partial charge >= 0.3 is 6.09 Å². The van der Waals surface area contributed by atoms with Gasteiger partial charge in [0.25, 0.3) is 0 Å². The summed E-state index contributed by atoms with van der Waals surface area (Å²) in [6, 6.07) is 15.9. The minimum Gasteiger partial charge on any atom is -0.445 e. The maximum Gasteiger partial charge on any atom is 0.408 e. The zero-order valence-electron chi connectivity index (χ0n) is 15.2. The maximum absolute atomic E-state index is 11.7. The van der Waals surface area contributed by atoms with Crippen LogP contribution in [0.15, 0.2) is 48.5 Å². The van der Waals surface area contributed by atoms with Crippen molar-refractivity contribution in [2.24, 2.45) is 0 Å². The van der Waals surface area contributed by atoms with Crippen LogP contribution in [0, 0.1) is 11.8 Å². The number of ether oxygens (including phenoxy) is 1. The molecule has 4 heteroatoms. The normalized spacial score (nSPS) is 12.7. The molecule has 1 heterocycles. The molecule has 27 heavy (non-hydrogen) atoms. The van der Waals surface area contributed by atoms with Crippen LogP contribution in [-0.4, -0.2) is 17.6 Å². The van der Waals surface area contributed by atoms with Gasteiger partial charge in [-0.2, -0.15) is 0 Å². The Hall–Kier alpha value is -3.19. The number of hydrogen-bond donors (Lipinski definition) is 2. The van der Waals surface area contributed by atoms with Gasteiger partial charge in [-0.3, -0.25) is 0 Å². The Bertz CT molecular complexity index is 1010. The zero-order chi connectivity index (χ0) is 18.5. The standard InChI is InChI=1S/C23H22N2O2/c26-23(27-16-18-7-2-1-3-8-18)24-14-6-9-17-12-13-22-20(15-17)19-10-4-5-11-21(19)25-22/h1-3,7-8,12-13,15,25H,4-5,10-11,14,16H2,(H,24,26). The molecule has 3 aromatic rings. The molecule has 0 radical (unpaired) electrons. The monoisotopic (exact) mass is 358 g/mol. The molecular weight excluding hydrogens is 336 g/mol. The number of hydrogen-bond acceptors (Lipinski definition) is 2. The van der Waals surface area contributed by atoms with Crippen molar-refractivity contribution in [3.63, 3.8) is 0 Å². The second kappa shape index (κ2) is 8.01. The quantitative estimate of drug-likeness (QED) is 0.685. The van der Waals surface area contributed by atoms with E-state index in [1.54, 1.807) is 0 Å². The maximum atomic E-state index is 11.7. The third-order valence-electron chi connectivity index (χ3n) is 4.86. The molecule has 136 valence electrons. The van der Waals surface area contributed by atoms with Crippen LogP contribution >= 0.6 is 0 Å². The first-order chi connectivity index (χ1) is 13.3. The number of nitrogens with one attached hydrogen (secondary N) is 2. The number of carbonyl (C=O) groups excluding carboxylic acids is 1. The summed E-state index contributed by atoms with van der Waals surface area (Å²) in [5, 5.41) is 3.95. The van der Waals surface area contributed by atoms with E-state index in [1.165, 1.54) is 35.0 Å². The molecule has 0 aliphatic heterocycles. The molecule has 1 aliphatic rings. The Labute approximate surface area is 158 Å². The van der Waals surface area contributed by atoms with Gasteiger partial charge in [-0.15, -0.1) is 0 Å². The Morgan fingerprint density at radius 3 is 2.85 bits per heavy atom. The lowest BCUT2D eigenvalue weighted by atomic mass is 9.95. The number of rotatable bonds is 3. The Balaban J connectivity index is 1.33. The third kappa shape index (κ3) is 4.15. The molecule has 2 N–H and O–H groups in total. The molecule has 1 aromatic heterocycles. The summed E-state index contributed by atoms with van der Waals surface area (Å²) in [7, 11) is 0. The van der Waals surface area contributed by atoms with Gasteiger partial charge in [0.05, 0.1) is 6.54 Å².